The fourth-order valence-electron chi connectivity index (χ4n) is 5.34. The molecule has 0 aliphatic heterocycles. The normalized spacial score (nSPS) is 11.0. The summed E-state index contributed by atoms with van der Waals surface area (Å²) in [4.78, 5) is 25.5. The molecule has 0 amide bonds. The largest absolute Gasteiger partial charge is 0.494 e. The van der Waals surface area contributed by atoms with E-state index in [9.17, 15) is 9.59 Å². The molecule has 5 heteroatoms. The van der Waals surface area contributed by atoms with Gasteiger partial charge in [-0.1, -0.05) is 102 Å². The Hall–Kier alpha value is -4.12. The lowest BCUT2D eigenvalue weighted by Crippen LogP contribution is -2.09. The Morgan fingerprint density at radius 3 is 1.47 bits per heavy atom. The molecule has 0 unspecified atom stereocenters. The summed E-state index contributed by atoms with van der Waals surface area (Å²) < 4.78 is 17.1. The summed E-state index contributed by atoms with van der Waals surface area (Å²) >= 11 is 0. The number of benzene rings is 4. The predicted octanol–water partition coefficient (Wildman–Crippen LogP) is 10.9. The van der Waals surface area contributed by atoms with E-state index in [4.69, 9.17) is 14.2 Å². The highest BCUT2D eigenvalue weighted by Crippen LogP contribution is 2.26. The van der Waals surface area contributed by atoms with Crippen LogP contribution in [0.15, 0.2) is 84.9 Å². The molecule has 0 heterocycles. The molecule has 0 atom stereocenters. The molecule has 0 spiro atoms. The summed E-state index contributed by atoms with van der Waals surface area (Å²) in [6.07, 6.45) is 15.9. The Labute approximate surface area is 268 Å². The van der Waals surface area contributed by atoms with Gasteiger partial charge in [-0.05, 0) is 96.3 Å². The Morgan fingerprint density at radius 2 is 0.933 bits per heavy atom. The first kappa shape index (κ1) is 33.8. The maximum absolute atomic E-state index is 12.8. The van der Waals surface area contributed by atoms with Gasteiger partial charge in [-0.25, -0.2) is 9.59 Å². The zero-order valence-electron chi connectivity index (χ0n) is 27.0. The molecule has 0 aromatic heterocycles. The first-order valence-corrected chi connectivity index (χ1v) is 16.9. The van der Waals surface area contributed by atoms with Crippen LogP contribution in [0, 0.1) is 0 Å². The van der Waals surface area contributed by atoms with Crippen LogP contribution in [0.3, 0.4) is 0 Å². The number of carbonyl (C=O) groups excluding carboxylic acids is 2. The average Bonchev–Trinajstić information content (AvgIpc) is 3.06. The molecule has 0 N–H and O–H groups in total. The molecule has 238 valence electrons. The van der Waals surface area contributed by atoms with Crippen molar-refractivity contribution in [3.05, 3.63) is 102 Å². The molecule has 4 rings (SSSR count). The van der Waals surface area contributed by atoms with Crippen LogP contribution in [-0.2, 0) is 6.42 Å². The topological polar surface area (TPSA) is 61.8 Å². The third-order valence-corrected chi connectivity index (χ3v) is 8.07. The van der Waals surface area contributed by atoms with Crippen LogP contribution in [0.4, 0.5) is 0 Å². The Kier molecular flexibility index (Phi) is 14.0. The minimum Gasteiger partial charge on any atom is -0.494 e. The minimum atomic E-state index is -0.430. The fraction of sp³-hybridized carbons (Fsp3) is 0.400. The molecule has 5 nitrogen and oxygen atoms in total. The van der Waals surface area contributed by atoms with Crippen LogP contribution in [0.1, 0.15) is 117 Å². The number of esters is 2. The molecule has 45 heavy (non-hydrogen) atoms. The second-order valence-electron chi connectivity index (χ2n) is 11.8. The van der Waals surface area contributed by atoms with E-state index in [0.29, 0.717) is 29.2 Å². The van der Waals surface area contributed by atoms with Gasteiger partial charge in [-0.15, -0.1) is 0 Å². The van der Waals surface area contributed by atoms with Crippen molar-refractivity contribution in [2.45, 2.75) is 97.3 Å². The van der Waals surface area contributed by atoms with Gasteiger partial charge in [0.25, 0.3) is 0 Å². The van der Waals surface area contributed by atoms with E-state index < -0.39 is 5.97 Å². The highest BCUT2D eigenvalue weighted by Gasteiger charge is 2.12. The molecular weight excluding hydrogens is 560 g/mol. The Balaban J connectivity index is 1.24. The zero-order valence-corrected chi connectivity index (χ0v) is 27.0. The van der Waals surface area contributed by atoms with Crippen LogP contribution < -0.4 is 14.2 Å². The summed E-state index contributed by atoms with van der Waals surface area (Å²) in [6, 6.07) is 25.6. The molecule has 0 aliphatic carbocycles. The summed E-state index contributed by atoms with van der Waals surface area (Å²) in [5.41, 5.74) is 2.23. The van der Waals surface area contributed by atoms with E-state index >= 15 is 0 Å². The maximum atomic E-state index is 12.8. The second-order valence-corrected chi connectivity index (χ2v) is 11.8. The van der Waals surface area contributed by atoms with E-state index in [1.807, 2.05) is 54.6 Å². The SMILES string of the molecule is CCCCCCCCOc1ccc(C(=O)Oc2ccc3cc(OC(=O)c4ccc(CCCCCCCC)cc4)ccc3c2)cc1. The van der Waals surface area contributed by atoms with Gasteiger partial charge < -0.3 is 14.2 Å². The van der Waals surface area contributed by atoms with Gasteiger partial charge >= 0.3 is 11.9 Å². The lowest BCUT2D eigenvalue weighted by atomic mass is 10.0. The quantitative estimate of drug-likeness (QED) is 0.0602. The molecule has 0 radical (unpaired) electrons. The summed E-state index contributed by atoms with van der Waals surface area (Å²) in [7, 11) is 0. The van der Waals surface area contributed by atoms with E-state index in [1.165, 1.54) is 76.2 Å². The number of hydrogen-bond donors (Lipinski definition) is 0. The summed E-state index contributed by atoms with van der Waals surface area (Å²) in [6.45, 7) is 5.14. The predicted molar refractivity (Wildman–Crippen MR) is 183 cm³/mol. The standard InChI is InChI=1S/C40H48O5/c1-3-5-7-9-11-13-15-31-16-18-32(19-17-31)39(41)44-37-26-22-35-30-38(27-23-34(35)29-37)45-40(42)33-20-24-36(25-21-33)43-28-14-12-10-8-6-4-2/h16-27,29-30H,3-15,28H2,1-2H3. The van der Waals surface area contributed by atoms with Crippen LogP contribution in [-0.4, -0.2) is 18.5 Å². The Bertz CT molecular complexity index is 1470. The number of carbonyl (C=O) groups is 2. The van der Waals surface area contributed by atoms with Crippen molar-refractivity contribution >= 4 is 22.7 Å². The first-order chi connectivity index (χ1) is 22.1. The maximum Gasteiger partial charge on any atom is 0.343 e. The van der Waals surface area contributed by atoms with Crippen molar-refractivity contribution in [1.29, 1.82) is 0 Å². The van der Waals surface area contributed by atoms with Crippen molar-refractivity contribution in [2.24, 2.45) is 0 Å². The second kappa shape index (κ2) is 18.6. The lowest BCUT2D eigenvalue weighted by Gasteiger charge is -2.09. The smallest absolute Gasteiger partial charge is 0.343 e. The molecular formula is C40H48O5. The number of unbranched alkanes of at least 4 members (excludes halogenated alkanes) is 10. The molecule has 0 aliphatic rings. The van der Waals surface area contributed by atoms with Gasteiger partial charge in [0.05, 0.1) is 17.7 Å². The van der Waals surface area contributed by atoms with E-state index in [0.717, 1.165) is 29.4 Å². The van der Waals surface area contributed by atoms with Gasteiger partial charge in [0.1, 0.15) is 17.2 Å². The highest BCUT2D eigenvalue weighted by atomic mass is 16.5. The van der Waals surface area contributed by atoms with E-state index in [2.05, 4.69) is 13.8 Å². The van der Waals surface area contributed by atoms with Crippen molar-refractivity contribution in [1.82, 2.24) is 0 Å². The Morgan fingerprint density at radius 1 is 0.489 bits per heavy atom. The average molecular weight is 609 g/mol. The van der Waals surface area contributed by atoms with E-state index in [1.54, 1.807) is 30.3 Å². The third-order valence-electron chi connectivity index (χ3n) is 8.07. The summed E-state index contributed by atoms with van der Waals surface area (Å²) in [5, 5.41) is 1.75. The number of ether oxygens (including phenoxy) is 3. The first-order valence-electron chi connectivity index (χ1n) is 16.9. The molecule has 0 bridgehead atoms. The van der Waals surface area contributed by atoms with Crippen LogP contribution in [0.25, 0.3) is 10.8 Å². The van der Waals surface area contributed by atoms with Gasteiger partial charge in [-0.3, -0.25) is 0 Å². The van der Waals surface area contributed by atoms with Crippen LogP contribution in [0.5, 0.6) is 17.2 Å². The highest BCUT2D eigenvalue weighted by molar-refractivity contribution is 5.93. The van der Waals surface area contributed by atoms with E-state index in [-0.39, 0.29) is 5.97 Å². The fourth-order valence-corrected chi connectivity index (χ4v) is 5.34. The zero-order chi connectivity index (χ0) is 31.7. The summed E-state index contributed by atoms with van der Waals surface area (Å²) in [5.74, 6) is 0.849. The lowest BCUT2D eigenvalue weighted by molar-refractivity contribution is 0.0725. The molecule has 0 saturated heterocycles. The van der Waals surface area contributed by atoms with Gasteiger partial charge in [0.15, 0.2) is 0 Å². The number of aryl methyl sites for hydroxylation is 1. The van der Waals surface area contributed by atoms with Gasteiger partial charge in [0.2, 0.25) is 0 Å². The van der Waals surface area contributed by atoms with Crippen LogP contribution >= 0.6 is 0 Å². The van der Waals surface area contributed by atoms with Gasteiger partial charge in [0, 0.05) is 0 Å². The third kappa shape index (κ3) is 11.4. The monoisotopic (exact) mass is 608 g/mol. The molecule has 0 saturated carbocycles. The van der Waals surface area contributed by atoms with Crippen molar-refractivity contribution in [3.8, 4) is 17.2 Å². The van der Waals surface area contributed by atoms with Crippen LogP contribution in [0.2, 0.25) is 0 Å². The molecule has 4 aromatic carbocycles. The van der Waals surface area contributed by atoms with Crippen molar-refractivity contribution in [3.63, 3.8) is 0 Å². The van der Waals surface area contributed by atoms with Gasteiger partial charge in [-0.2, -0.15) is 0 Å². The minimum absolute atomic E-state index is 0.384. The number of fused-ring (bicyclic) bond motifs is 1. The van der Waals surface area contributed by atoms with Crippen molar-refractivity contribution in [2.75, 3.05) is 6.61 Å². The molecule has 4 aromatic rings. The number of hydrogen-bond acceptors (Lipinski definition) is 5. The van der Waals surface area contributed by atoms with Crippen molar-refractivity contribution < 1.29 is 23.8 Å². The number of rotatable bonds is 19. The molecule has 0 fully saturated rings.